The molecule has 2 rings (SSSR count). The Bertz CT molecular complexity index is 259. The van der Waals surface area contributed by atoms with Gasteiger partial charge in [-0.1, -0.05) is 19.8 Å². The van der Waals surface area contributed by atoms with Crippen molar-refractivity contribution in [2.45, 2.75) is 44.0 Å². The highest BCUT2D eigenvalue weighted by molar-refractivity contribution is 8.01. The fraction of sp³-hybridized carbons (Fsp3) is 0.909. The molecular weight excluding hydrogens is 208 g/mol. The molecule has 0 radical (unpaired) electrons. The van der Waals surface area contributed by atoms with Gasteiger partial charge in [0, 0.05) is 18.6 Å². The van der Waals surface area contributed by atoms with Crippen molar-refractivity contribution in [2.24, 2.45) is 0 Å². The van der Waals surface area contributed by atoms with Crippen LogP contribution in [0.2, 0.25) is 0 Å². The van der Waals surface area contributed by atoms with Gasteiger partial charge in [0.05, 0.1) is 11.1 Å². The lowest BCUT2D eigenvalue weighted by atomic mass is 9.92. The van der Waals surface area contributed by atoms with Crippen LogP contribution >= 0.6 is 11.8 Å². The van der Waals surface area contributed by atoms with Gasteiger partial charge in [-0.2, -0.15) is 0 Å². The predicted molar refractivity (Wildman–Crippen MR) is 63.9 cm³/mol. The fourth-order valence-corrected chi connectivity index (χ4v) is 3.97. The number of nitrogens with one attached hydrogen (secondary N) is 1. The Morgan fingerprint density at radius 3 is 3.20 bits per heavy atom. The molecule has 2 fully saturated rings. The maximum absolute atomic E-state index is 11.6. The van der Waals surface area contributed by atoms with Gasteiger partial charge in [-0.3, -0.25) is 4.79 Å². The van der Waals surface area contributed by atoms with E-state index >= 15 is 0 Å². The molecule has 3 nitrogen and oxygen atoms in total. The third-order valence-electron chi connectivity index (χ3n) is 3.44. The van der Waals surface area contributed by atoms with E-state index in [0.717, 1.165) is 13.1 Å². The minimum absolute atomic E-state index is 0.130. The molecule has 0 aliphatic carbocycles. The minimum Gasteiger partial charge on any atom is -0.327 e. The third kappa shape index (κ3) is 2.02. The molecule has 0 aromatic heterocycles. The highest BCUT2D eigenvalue weighted by Gasteiger charge is 2.46. The quantitative estimate of drug-likeness (QED) is 0.793. The molecule has 0 aromatic rings. The summed E-state index contributed by atoms with van der Waals surface area (Å²) in [4.78, 5) is 13.7. The topological polar surface area (TPSA) is 32.3 Å². The van der Waals surface area contributed by atoms with Crippen LogP contribution in [-0.2, 0) is 4.79 Å². The fourth-order valence-electron chi connectivity index (χ4n) is 2.53. The van der Waals surface area contributed by atoms with Crippen LogP contribution in [0.15, 0.2) is 0 Å². The second kappa shape index (κ2) is 4.34. The van der Waals surface area contributed by atoms with E-state index in [4.69, 9.17) is 0 Å². The van der Waals surface area contributed by atoms with E-state index in [0.29, 0.717) is 17.0 Å². The zero-order valence-electron chi connectivity index (χ0n) is 9.58. The second-order valence-electron chi connectivity index (χ2n) is 4.70. The van der Waals surface area contributed by atoms with E-state index in [-0.39, 0.29) is 5.54 Å². The zero-order valence-corrected chi connectivity index (χ0v) is 10.4. The molecule has 2 aliphatic heterocycles. The van der Waals surface area contributed by atoms with Crippen molar-refractivity contribution >= 4 is 17.7 Å². The second-order valence-corrected chi connectivity index (χ2v) is 5.77. The molecule has 2 saturated heterocycles. The number of carbonyl (C=O) groups excluding carboxylic acids is 1. The van der Waals surface area contributed by atoms with E-state index in [1.54, 1.807) is 11.8 Å². The summed E-state index contributed by atoms with van der Waals surface area (Å²) in [7, 11) is 0. The van der Waals surface area contributed by atoms with Gasteiger partial charge >= 0.3 is 0 Å². The van der Waals surface area contributed by atoms with Gasteiger partial charge in [-0.15, -0.1) is 11.8 Å². The Balaban J connectivity index is 2.08. The molecule has 15 heavy (non-hydrogen) atoms. The van der Waals surface area contributed by atoms with Gasteiger partial charge in [0.15, 0.2) is 0 Å². The number of thioether (sulfide) groups is 1. The van der Waals surface area contributed by atoms with Crippen LogP contribution in [0.25, 0.3) is 0 Å². The largest absolute Gasteiger partial charge is 0.327 e. The van der Waals surface area contributed by atoms with Crippen molar-refractivity contribution in [2.75, 3.05) is 18.8 Å². The van der Waals surface area contributed by atoms with Gasteiger partial charge in [-0.05, 0) is 13.3 Å². The molecular formula is C11H20N2OS. The molecule has 0 spiro atoms. The monoisotopic (exact) mass is 228 g/mol. The molecule has 4 heteroatoms. The minimum atomic E-state index is 0.130. The van der Waals surface area contributed by atoms with Crippen LogP contribution in [0.3, 0.4) is 0 Å². The highest BCUT2D eigenvalue weighted by Crippen LogP contribution is 2.37. The van der Waals surface area contributed by atoms with E-state index in [2.05, 4.69) is 24.1 Å². The van der Waals surface area contributed by atoms with Gasteiger partial charge in [-0.25, -0.2) is 0 Å². The average Bonchev–Trinajstić information content (AvgIpc) is 2.60. The van der Waals surface area contributed by atoms with Crippen molar-refractivity contribution in [3.63, 3.8) is 0 Å². The number of fused-ring (bicyclic) bond motifs is 1. The Morgan fingerprint density at radius 2 is 2.47 bits per heavy atom. The van der Waals surface area contributed by atoms with E-state index in [1.807, 2.05) is 0 Å². The van der Waals surface area contributed by atoms with Crippen molar-refractivity contribution in [1.82, 2.24) is 10.2 Å². The Labute approximate surface area is 96.0 Å². The molecule has 86 valence electrons. The van der Waals surface area contributed by atoms with E-state index in [9.17, 15) is 4.79 Å². The van der Waals surface area contributed by atoms with Crippen molar-refractivity contribution < 1.29 is 4.79 Å². The summed E-state index contributed by atoms with van der Waals surface area (Å²) in [5.41, 5.74) is 0.130. The van der Waals surface area contributed by atoms with Crippen molar-refractivity contribution in [1.29, 1.82) is 0 Å². The number of unbranched alkanes of at least 4 members (excludes halogenated alkanes) is 1. The molecule has 0 unspecified atom stereocenters. The third-order valence-corrected chi connectivity index (χ3v) is 4.95. The first-order chi connectivity index (χ1) is 7.17. The highest BCUT2D eigenvalue weighted by atomic mass is 32.2. The van der Waals surface area contributed by atoms with Crippen molar-refractivity contribution in [3.8, 4) is 0 Å². The predicted octanol–water partition coefficient (Wildman–Crippen LogP) is 1.44. The first kappa shape index (κ1) is 11.3. The molecule has 1 N–H and O–H groups in total. The summed E-state index contributed by atoms with van der Waals surface area (Å²) in [5.74, 6) is 1.00. The van der Waals surface area contributed by atoms with Gasteiger partial charge < -0.3 is 10.2 Å². The number of rotatable bonds is 3. The molecule has 0 bridgehead atoms. The number of hydrogen-bond acceptors (Lipinski definition) is 3. The van der Waals surface area contributed by atoms with Crippen molar-refractivity contribution in [3.05, 3.63) is 0 Å². The molecule has 0 aromatic carbocycles. The van der Waals surface area contributed by atoms with Gasteiger partial charge in [0.2, 0.25) is 5.91 Å². The summed E-state index contributed by atoms with van der Waals surface area (Å²) >= 11 is 1.81. The van der Waals surface area contributed by atoms with E-state index < -0.39 is 0 Å². The number of piperazine rings is 1. The number of hydrogen-bond donors (Lipinski definition) is 1. The van der Waals surface area contributed by atoms with Crippen LogP contribution in [0, 0.1) is 0 Å². The molecule has 2 atom stereocenters. The summed E-state index contributed by atoms with van der Waals surface area (Å²) < 4.78 is 0. The molecule has 2 aliphatic rings. The van der Waals surface area contributed by atoms with Gasteiger partial charge in [0.25, 0.3) is 0 Å². The lowest BCUT2D eigenvalue weighted by Gasteiger charge is -2.45. The van der Waals surface area contributed by atoms with Crippen LogP contribution in [0.1, 0.15) is 33.1 Å². The summed E-state index contributed by atoms with van der Waals surface area (Å²) in [6.07, 6.45) is 3.64. The first-order valence-corrected chi connectivity index (χ1v) is 6.88. The normalized spacial score (nSPS) is 35.7. The lowest BCUT2D eigenvalue weighted by molar-refractivity contribution is -0.130. The summed E-state index contributed by atoms with van der Waals surface area (Å²) in [6.45, 7) is 6.32. The van der Waals surface area contributed by atoms with Crippen LogP contribution in [-0.4, -0.2) is 40.6 Å². The maximum Gasteiger partial charge on any atom is 0.233 e. The Morgan fingerprint density at radius 1 is 1.67 bits per heavy atom. The average molecular weight is 228 g/mol. The number of amides is 1. The first-order valence-electron chi connectivity index (χ1n) is 5.83. The maximum atomic E-state index is 11.6. The molecule has 1 amide bonds. The lowest BCUT2D eigenvalue weighted by Crippen LogP contribution is -2.63. The molecule has 2 heterocycles. The smallest absolute Gasteiger partial charge is 0.233 e. The van der Waals surface area contributed by atoms with Gasteiger partial charge in [0.1, 0.15) is 0 Å². The molecule has 0 saturated carbocycles. The van der Waals surface area contributed by atoms with Crippen LogP contribution < -0.4 is 5.32 Å². The Kier molecular flexibility index (Phi) is 3.26. The zero-order chi connectivity index (χ0) is 10.9. The SMILES string of the molecule is CCCC[C@]1(C)NCCN2C(=O)CS[C@@H]21. The number of nitrogens with zero attached hydrogens (tertiary/aromatic N) is 1. The van der Waals surface area contributed by atoms with Crippen LogP contribution in [0.4, 0.5) is 0 Å². The summed E-state index contributed by atoms with van der Waals surface area (Å²) in [6, 6.07) is 0. The number of carbonyl (C=O) groups is 1. The Hall–Kier alpha value is -0.220. The van der Waals surface area contributed by atoms with E-state index in [1.165, 1.54) is 19.3 Å². The van der Waals surface area contributed by atoms with Crippen LogP contribution in [0.5, 0.6) is 0 Å². The standard InChI is InChI=1S/C11H20N2OS/c1-3-4-5-11(2)10-13(7-6-12-11)9(14)8-15-10/h10,12H,3-8H2,1-2H3/t10-,11+/m1/s1. The summed E-state index contributed by atoms with van der Waals surface area (Å²) in [5, 5.41) is 3.97.